The summed E-state index contributed by atoms with van der Waals surface area (Å²) in [5.74, 6) is -0.187. The van der Waals surface area contributed by atoms with Crippen molar-refractivity contribution >= 4 is 28.9 Å². The quantitative estimate of drug-likeness (QED) is 0.908. The standard InChI is InChI=1S/C17H20ClN3O2/c1-20-11-12(18)10-16(20)17(23)19-13-2-4-14(5-3-13)21-8-6-15(22)7-9-21/h2-5,10-11,15,22H,6-9H2,1H3,(H,19,23). The Labute approximate surface area is 140 Å². The minimum Gasteiger partial charge on any atom is -0.393 e. The number of carbonyl (C=O) groups is 1. The molecule has 1 aliphatic heterocycles. The van der Waals surface area contributed by atoms with E-state index in [4.69, 9.17) is 11.6 Å². The number of piperidine rings is 1. The molecular weight excluding hydrogens is 314 g/mol. The lowest BCUT2D eigenvalue weighted by Gasteiger charge is -2.31. The molecule has 2 aromatic rings. The third kappa shape index (κ3) is 3.68. The average Bonchev–Trinajstić information content (AvgIpc) is 2.88. The number of aliphatic hydroxyl groups is 1. The minimum absolute atomic E-state index is 0.179. The molecule has 1 aromatic heterocycles. The molecule has 0 unspecified atom stereocenters. The molecule has 2 heterocycles. The van der Waals surface area contributed by atoms with Crippen molar-refractivity contribution in [1.82, 2.24) is 4.57 Å². The number of hydrogen-bond acceptors (Lipinski definition) is 3. The summed E-state index contributed by atoms with van der Waals surface area (Å²) < 4.78 is 1.70. The predicted octanol–water partition coefficient (Wildman–Crippen LogP) is 2.89. The maximum Gasteiger partial charge on any atom is 0.272 e. The first-order chi connectivity index (χ1) is 11.0. The number of aromatic nitrogens is 1. The molecular formula is C17H20ClN3O2. The first-order valence-corrected chi connectivity index (χ1v) is 8.07. The van der Waals surface area contributed by atoms with Gasteiger partial charge in [0.25, 0.3) is 5.91 Å². The molecule has 1 saturated heterocycles. The van der Waals surface area contributed by atoms with Gasteiger partial charge in [-0.3, -0.25) is 4.79 Å². The summed E-state index contributed by atoms with van der Waals surface area (Å²) in [7, 11) is 1.79. The number of anilines is 2. The largest absolute Gasteiger partial charge is 0.393 e. The van der Waals surface area contributed by atoms with E-state index in [0.29, 0.717) is 10.7 Å². The van der Waals surface area contributed by atoms with E-state index in [0.717, 1.165) is 37.3 Å². The van der Waals surface area contributed by atoms with E-state index in [1.807, 2.05) is 24.3 Å². The molecule has 0 aliphatic carbocycles. The molecule has 2 N–H and O–H groups in total. The molecule has 0 spiro atoms. The molecule has 3 rings (SSSR count). The summed E-state index contributed by atoms with van der Waals surface area (Å²) in [5, 5.41) is 13.0. The number of benzene rings is 1. The monoisotopic (exact) mass is 333 g/mol. The van der Waals surface area contributed by atoms with Gasteiger partial charge in [-0.15, -0.1) is 0 Å². The van der Waals surface area contributed by atoms with Crippen molar-refractivity contribution in [2.45, 2.75) is 18.9 Å². The highest BCUT2D eigenvalue weighted by molar-refractivity contribution is 6.31. The Kier molecular flexibility index (Phi) is 4.59. The van der Waals surface area contributed by atoms with Crippen LogP contribution >= 0.6 is 11.6 Å². The first kappa shape index (κ1) is 15.9. The number of nitrogens with zero attached hydrogens (tertiary/aromatic N) is 2. The fourth-order valence-electron chi connectivity index (χ4n) is 2.82. The van der Waals surface area contributed by atoms with E-state index >= 15 is 0 Å². The Morgan fingerprint density at radius 2 is 1.91 bits per heavy atom. The Morgan fingerprint density at radius 3 is 2.48 bits per heavy atom. The first-order valence-electron chi connectivity index (χ1n) is 7.69. The van der Waals surface area contributed by atoms with Gasteiger partial charge in [-0.2, -0.15) is 0 Å². The fourth-order valence-corrected chi connectivity index (χ4v) is 3.07. The summed E-state index contributed by atoms with van der Waals surface area (Å²) in [6, 6.07) is 9.41. The van der Waals surface area contributed by atoms with Gasteiger partial charge in [0.15, 0.2) is 0 Å². The topological polar surface area (TPSA) is 57.5 Å². The summed E-state index contributed by atoms with van der Waals surface area (Å²) in [4.78, 5) is 14.5. The zero-order valence-corrected chi connectivity index (χ0v) is 13.8. The van der Waals surface area contributed by atoms with Crippen LogP contribution in [0.1, 0.15) is 23.3 Å². The molecule has 1 aliphatic rings. The zero-order valence-electron chi connectivity index (χ0n) is 13.0. The normalized spacial score (nSPS) is 15.7. The van der Waals surface area contributed by atoms with Crippen LogP contribution in [-0.2, 0) is 7.05 Å². The molecule has 1 fully saturated rings. The Hall–Kier alpha value is -1.98. The van der Waals surface area contributed by atoms with Crippen LogP contribution in [0.5, 0.6) is 0 Å². The van der Waals surface area contributed by atoms with Crippen LogP contribution in [0.25, 0.3) is 0 Å². The molecule has 6 heteroatoms. The third-order valence-electron chi connectivity index (χ3n) is 4.16. The number of rotatable bonds is 3. The van der Waals surface area contributed by atoms with Crippen LogP contribution in [0.2, 0.25) is 5.02 Å². The molecule has 0 atom stereocenters. The summed E-state index contributed by atoms with van der Waals surface area (Å²) in [6.45, 7) is 1.71. The van der Waals surface area contributed by atoms with E-state index in [2.05, 4.69) is 10.2 Å². The maximum absolute atomic E-state index is 12.2. The van der Waals surface area contributed by atoms with Crippen LogP contribution in [0.15, 0.2) is 36.5 Å². The van der Waals surface area contributed by atoms with Gasteiger partial charge in [0.2, 0.25) is 0 Å². The zero-order chi connectivity index (χ0) is 16.4. The highest BCUT2D eigenvalue weighted by Gasteiger charge is 2.17. The number of amides is 1. The predicted molar refractivity (Wildman–Crippen MR) is 92.3 cm³/mol. The van der Waals surface area contributed by atoms with Crippen molar-refractivity contribution in [3.8, 4) is 0 Å². The fraction of sp³-hybridized carbons (Fsp3) is 0.353. The SMILES string of the molecule is Cn1cc(Cl)cc1C(=O)Nc1ccc(N2CCC(O)CC2)cc1. The van der Waals surface area contributed by atoms with Gasteiger partial charge in [-0.1, -0.05) is 11.6 Å². The molecule has 1 amide bonds. The second-order valence-corrected chi connectivity index (χ2v) is 6.31. The van der Waals surface area contributed by atoms with Crippen LogP contribution in [0.4, 0.5) is 11.4 Å². The van der Waals surface area contributed by atoms with Gasteiger partial charge >= 0.3 is 0 Å². The van der Waals surface area contributed by atoms with Crippen molar-refractivity contribution in [3.05, 3.63) is 47.2 Å². The molecule has 1 aromatic carbocycles. The van der Waals surface area contributed by atoms with Crippen molar-refractivity contribution in [3.63, 3.8) is 0 Å². The van der Waals surface area contributed by atoms with Gasteiger partial charge in [-0.05, 0) is 43.2 Å². The second-order valence-electron chi connectivity index (χ2n) is 5.87. The number of aliphatic hydroxyl groups excluding tert-OH is 1. The van der Waals surface area contributed by atoms with Crippen molar-refractivity contribution < 1.29 is 9.90 Å². The lowest BCUT2D eigenvalue weighted by molar-refractivity contribution is 0.101. The number of halogens is 1. The summed E-state index contributed by atoms with van der Waals surface area (Å²) >= 11 is 5.91. The van der Waals surface area contributed by atoms with Crippen LogP contribution in [0, 0.1) is 0 Å². The van der Waals surface area contributed by atoms with Crippen molar-refractivity contribution in [1.29, 1.82) is 0 Å². The second kappa shape index (κ2) is 6.64. The maximum atomic E-state index is 12.2. The van der Waals surface area contributed by atoms with E-state index in [1.165, 1.54) is 0 Å². The van der Waals surface area contributed by atoms with Gasteiger partial charge in [0.05, 0.1) is 11.1 Å². The molecule has 0 bridgehead atoms. The Morgan fingerprint density at radius 1 is 1.26 bits per heavy atom. The molecule has 23 heavy (non-hydrogen) atoms. The van der Waals surface area contributed by atoms with Crippen LogP contribution in [0.3, 0.4) is 0 Å². The average molecular weight is 334 g/mol. The Balaban J connectivity index is 1.65. The van der Waals surface area contributed by atoms with E-state index in [1.54, 1.807) is 23.9 Å². The molecule has 122 valence electrons. The lowest BCUT2D eigenvalue weighted by atomic mass is 10.1. The van der Waals surface area contributed by atoms with Crippen LogP contribution < -0.4 is 10.2 Å². The smallest absolute Gasteiger partial charge is 0.272 e. The number of hydrogen-bond donors (Lipinski definition) is 2. The van der Waals surface area contributed by atoms with Crippen molar-refractivity contribution in [2.75, 3.05) is 23.3 Å². The van der Waals surface area contributed by atoms with Crippen LogP contribution in [-0.4, -0.2) is 34.8 Å². The molecule has 0 saturated carbocycles. The lowest BCUT2D eigenvalue weighted by Crippen LogP contribution is -2.35. The minimum atomic E-state index is -0.187. The third-order valence-corrected chi connectivity index (χ3v) is 4.37. The number of nitrogens with one attached hydrogen (secondary N) is 1. The van der Waals surface area contributed by atoms with Crippen molar-refractivity contribution in [2.24, 2.45) is 7.05 Å². The summed E-state index contributed by atoms with van der Waals surface area (Å²) in [5.41, 5.74) is 2.37. The van der Waals surface area contributed by atoms with E-state index in [9.17, 15) is 9.90 Å². The summed E-state index contributed by atoms with van der Waals surface area (Å²) in [6.07, 6.45) is 3.12. The molecule has 0 radical (unpaired) electrons. The Bertz CT molecular complexity index is 688. The van der Waals surface area contributed by atoms with Gasteiger partial charge in [0.1, 0.15) is 5.69 Å². The van der Waals surface area contributed by atoms with Gasteiger partial charge in [-0.25, -0.2) is 0 Å². The highest BCUT2D eigenvalue weighted by Crippen LogP contribution is 2.22. The number of carbonyl (C=O) groups excluding carboxylic acids is 1. The van der Waals surface area contributed by atoms with E-state index < -0.39 is 0 Å². The molecule has 5 nitrogen and oxygen atoms in total. The highest BCUT2D eigenvalue weighted by atomic mass is 35.5. The van der Waals surface area contributed by atoms with E-state index in [-0.39, 0.29) is 12.0 Å². The number of aryl methyl sites for hydroxylation is 1. The van der Waals surface area contributed by atoms with Gasteiger partial charge < -0.3 is 19.9 Å². The van der Waals surface area contributed by atoms with Gasteiger partial charge in [0, 0.05) is 37.7 Å².